The molecule has 1 atom stereocenters. The molecule has 13 heteroatoms. The fourth-order valence-electron chi connectivity index (χ4n) is 3.50. The fourth-order valence-corrected chi connectivity index (χ4v) is 3.50. The molecule has 0 unspecified atom stereocenters. The smallest absolute Gasteiger partial charge is 0.395 e. The van der Waals surface area contributed by atoms with Gasteiger partial charge in [0, 0.05) is 19.7 Å². The number of nitrogens with zero attached hydrogens (tertiary/aromatic N) is 4. The molecular formula is C18H27F3N6O4. The van der Waals surface area contributed by atoms with Crippen LogP contribution in [0.25, 0.3) is 0 Å². The van der Waals surface area contributed by atoms with Gasteiger partial charge in [-0.15, -0.1) is 0 Å². The number of hydroxylamine groups is 2. The van der Waals surface area contributed by atoms with Crippen molar-refractivity contribution in [1.82, 2.24) is 20.5 Å². The Bertz CT molecular complexity index is 745. The second kappa shape index (κ2) is 11.1. The van der Waals surface area contributed by atoms with Crippen LogP contribution in [0, 0.1) is 11.8 Å². The summed E-state index contributed by atoms with van der Waals surface area (Å²) in [6, 6.07) is 0.735. The Morgan fingerprint density at radius 2 is 2.03 bits per heavy atom. The lowest BCUT2D eigenvalue weighted by molar-refractivity contribution is -0.154. The third-order valence-electron chi connectivity index (χ3n) is 5.12. The number of hydrogen-bond donors (Lipinski definition) is 4. The van der Waals surface area contributed by atoms with Crippen molar-refractivity contribution in [3.63, 3.8) is 0 Å². The van der Waals surface area contributed by atoms with Crippen LogP contribution in [-0.4, -0.2) is 64.4 Å². The van der Waals surface area contributed by atoms with Crippen LogP contribution < -0.4 is 15.8 Å². The van der Waals surface area contributed by atoms with Crippen molar-refractivity contribution in [3.8, 4) is 0 Å². The van der Waals surface area contributed by atoms with Gasteiger partial charge in [-0.1, -0.05) is 25.7 Å². The minimum absolute atomic E-state index is 0.0433. The maximum absolute atomic E-state index is 13.2. The normalized spacial score (nSPS) is 15.4. The molecule has 2 amide bonds. The number of aliphatic hydroxyl groups is 1. The summed E-state index contributed by atoms with van der Waals surface area (Å²) in [5, 5.41) is 18.9. The van der Waals surface area contributed by atoms with E-state index in [0.29, 0.717) is 11.5 Å². The molecular weight excluding hydrogens is 421 g/mol. The third-order valence-corrected chi connectivity index (χ3v) is 5.12. The summed E-state index contributed by atoms with van der Waals surface area (Å²) in [6.07, 6.45) is -0.202. The molecule has 10 nitrogen and oxygen atoms in total. The second-order valence-corrected chi connectivity index (χ2v) is 7.50. The molecule has 174 valence electrons. The molecule has 1 aromatic heterocycles. The predicted molar refractivity (Wildman–Crippen MR) is 104 cm³/mol. The minimum atomic E-state index is -4.75. The van der Waals surface area contributed by atoms with Crippen LogP contribution in [0.1, 0.15) is 37.8 Å². The summed E-state index contributed by atoms with van der Waals surface area (Å²) in [5.74, 6) is -1.71. The van der Waals surface area contributed by atoms with E-state index in [0.717, 1.165) is 31.7 Å². The first-order chi connectivity index (χ1) is 14.6. The highest BCUT2D eigenvalue weighted by molar-refractivity contribution is 5.80. The van der Waals surface area contributed by atoms with Gasteiger partial charge < -0.3 is 10.0 Å². The van der Waals surface area contributed by atoms with Crippen molar-refractivity contribution in [2.24, 2.45) is 11.8 Å². The van der Waals surface area contributed by atoms with Crippen LogP contribution >= 0.6 is 0 Å². The Labute approximate surface area is 177 Å². The van der Waals surface area contributed by atoms with Gasteiger partial charge in [0.2, 0.25) is 18.3 Å². The molecule has 0 aromatic carbocycles. The van der Waals surface area contributed by atoms with E-state index in [4.69, 9.17) is 5.11 Å². The quantitative estimate of drug-likeness (QED) is 0.227. The molecule has 2 rings (SSSR count). The number of amides is 2. The van der Waals surface area contributed by atoms with E-state index < -0.39 is 29.6 Å². The number of nitrogens with one attached hydrogen (secondary N) is 2. The van der Waals surface area contributed by atoms with Gasteiger partial charge in [0.15, 0.2) is 5.69 Å². The van der Waals surface area contributed by atoms with Gasteiger partial charge in [-0.3, -0.25) is 25.6 Å². The number of hydrazine groups is 1. The number of likely N-dealkylation sites (N-methyl/N-ethyl adjacent to an activating group) is 1. The van der Waals surface area contributed by atoms with Crippen molar-refractivity contribution in [2.75, 3.05) is 37.1 Å². The SMILES string of the molecule is CN(CCO)c1cc(C(F)(F)F)nc(NNC(=O)[C@@H](CC2CCCC2)CN(O)C=O)n1. The van der Waals surface area contributed by atoms with Crippen molar-refractivity contribution < 1.29 is 33.1 Å². The van der Waals surface area contributed by atoms with Gasteiger partial charge in [-0.25, -0.2) is 10.0 Å². The zero-order valence-corrected chi connectivity index (χ0v) is 17.1. The minimum Gasteiger partial charge on any atom is -0.395 e. The summed E-state index contributed by atoms with van der Waals surface area (Å²) in [7, 11) is 1.45. The zero-order valence-electron chi connectivity index (χ0n) is 17.1. The number of carbonyl (C=O) groups is 2. The number of aromatic nitrogens is 2. The maximum atomic E-state index is 13.2. The van der Waals surface area contributed by atoms with Crippen LogP contribution in [0.15, 0.2) is 6.07 Å². The summed E-state index contributed by atoms with van der Waals surface area (Å²) >= 11 is 0. The van der Waals surface area contributed by atoms with Crippen LogP contribution in [0.4, 0.5) is 24.9 Å². The van der Waals surface area contributed by atoms with Crippen molar-refractivity contribution in [3.05, 3.63) is 11.8 Å². The lowest BCUT2D eigenvalue weighted by Gasteiger charge is -2.23. The second-order valence-electron chi connectivity index (χ2n) is 7.50. The first-order valence-corrected chi connectivity index (χ1v) is 9.89. The van der Waals surface area contributed by atoms with E-state index in [-0.39, 0.29) is 37.8 Å². The molecule has 31 heavy (non-hydrogen) atoms. The number of halogens is 3. The molecule has 1 aliphatic carbocycles. The largest absolute Gasteiger partial charge is 0.433 e. The topological polar surface area (TPSA) is 131 Å². The van der Waals surface area contributed by atoms with Crippen LogP contribution in [0.3, 0.4) is 0 Å². The Hall–Kier alpha value is -2.67. The standard InChI is InChI=1S/C18H27F3N6O4/c1-26(6-7-28)15-9-14(18(19,20)21)22-17(23-15)25-24-16(30)13(10-27(31)11-29)8-12-4-2-3-5-12/h9,11-13,28,31H,2-8,10H2,1H3,(H,24,30)(H,22,23,25)/t13-/m0/s1. The molecule has 1 aromatic rings. The maximum Gasteiger partial charge on any atom is 0.433 e. The number of hydrogen-bond acceptors (Lipinski definition) is 8. The highest BCUT2D eigenvalue weighted by Gasteiger charge is 2.34. The van der Waals surface area contributed by atoms with Gasteiger partial charge in [0.1, 0.15) is 5.82 Å². The number of rotatable bonds is 11. The van der Waals surface area contributed by atoms with Gasteiger partial charge in [0.05, 0.1) is 19.1 Å². The van der Waals surface area contributed by atoms with E-state index in [2.05, 4.69) is 20.8 Å². The van der Waals surface area contributed by atoms with Crippen LogP contribution in [-0.2, 0) is 15.8 Å². The Morgan fingerprint density at radius 3 is 2.61 bits per heavy atom. The van der Waals surface area contributed by atoms with Crippen molar-refractivity contribution in [1.29, 1.82) is 0 Å². The van der Waals surface area contributed by atoms with E-state index in [1.807, 2.05) is 0 Å². The highest BCUT2D eigenvalue weighted by Crippen LogP contribution is 2.31. The predicted octanol–water partition coefficient (Wildman–Crippen LogP) is 1.41. The first-order valence-electron chi connectivity index (χ1n) is 9.89. The number of anilines is 2. The Kier molecular flexibility index (Phi) is 8.80. The number of carbonyl (C=O) groups excluding carboxylic acids is 2. The van der Waals surface area contributed by atoms with Gasteiger partial charge >= 0.3 is 6.18 Å². The van der Waals surface area contributed by atoms with Crippen LogP contribution in [0.2, 0.25) is 0 Å². The monoisotopic (exact) mass is 448 g/mol. The molecule has 1 fully saturated rings. The lowest BCUT2D eigenvalue weighted by Crippen LogP contribution is -2.41. The van der Waals surface area contributed by atoms with Gasteiger partial charge in [-0.2, -0.15) is 18.2 Å². The molecule has 0 spiro atoms. The summed E-state index contributed by atoms with van der Waals surface area (Å²) in [4.78, 5) is 32.0. The zero-order chi connectivity index (χ0) is 23.0. The lowest BCUT2D eigenvalue weighted by atomic mass is 9.92. The first kappa shape index (κ1) is 24.6. The third kappa shape index (κ3) is 7.51. The van der Waals surface area contributed by atoms with E-state index in [1.54, 1.807) is 0 Å². The average molecular weight is 448 g/mol. The highest BCUT2D eigenvalue weighted by atomic mass is 19.4. The molecule has 0 saturated heterocycles. The molecule has 1 aliphatic rings. The number of alkyl halides is 3. The van der Waals surface area contributed by atoms with Crippen molar-refractivity contribution >= 4 is 24.1 Å². The number of aliphatic hydroxyl groups excluding tert-OH is 1. The Morgan fingerprint density at radius 1 is 1.35 bits per heavy atom. The summed E-state index contributed by atoms with van der Waals surface area (Å²) in [5.41, 5.74) is 3.35. The average Bonchev–Trinajstić information content (AvgIpc) is 3.23. The van der Waals surface area contributed by atoms with Gasteiger partial charge in [0.25, 0.3) is 0 Å². The molecule has 0 bridgehead atoms. The summed E-state index contributed by atoms with van der Waals surface area (Å²) < 4.78 is 39.6. The fraction of sp³-hybridized carbons (Fsp3) is 0.667. The molecule has 4 N–H and O–H groups in total. The summed E-state index contributed by atoms with van der Waals surface area (Å²) in [6.45, 7) is -0.498. The van der Waals surface area contributed by atoms with E-state index in [1.165, 1.54) is 11.9 Å². The Balaban J connectivity index is 2.14. The molecule has 0 radical (unpaired) electrons. The molecule has 1 heterocycles. The van der Waals surface area contributed by atoms with Gasteiger partial charge in [-0.05, 0) is 12.3 Å². The van der Waals surface area contributed by atoms with E-state index in [9.17, 15) is 28.0 Å². The molecule has 0 aliphatic heterocycles. The van der Waals surface area contributed by atoms with E-state index >= 15 is 0 Å². The molecule has 1 saturated carbocycles. The van der Waals surface area contributed by atoms with Crippen molar-refractivity contribution in [2.45, 2.75) is 38.3 Å². The van der Waals surface area contributed by atoms with Crippen LogP contribution in [0.5, 0.6) is 0 Å².